The summed E-state index contributed by atoms with van der Waals surface area (Å²) in [7, 11) is -4.27. The Morgan fingerprint density at radius 3 is 2.17 bits per heavy atom. The van der Waals surface area contributed by atoms with Gasteiger partial charge in [0.05, 0.1) is 11.0 Å². The molecule has 0 saturated carbocycles. The smallest absolute Gasteiger partial charge is 0.312 e. The Hall–Kier alpha value is -3.27. The van der Waals surface area contributed by atoms with Crippen molar-refractivity contribution in [2.24, 2.45) is 5.14 Å². The average Bonchev–Trinajstić information content (AvgIpc) is 2.71. The van der Waals surface area contributed by atoms with E-state index in [0.29, 0.717) is 5.56 Å². The largest absolute Gasteiger partial charge is 0.387 e. The minimum Gasteiger partial charge on any atom is -0.387 e. The lowest BCUT2D eigenvalue weighted by molar-refractivity contribution is -0.386. The Bertz CT molecular complexity index is 1120. The first kappa shape index (κ1) is 20.5. The number of nitrogens with one attached hydrogen (secondary N) is 1. The lowest BCUT2D eigenvalue weighted by Crippen LogP contribution is -2.17. The Morgan fingerprint density at radius 1 is 0.966 bits per heavy atom. The zero-order chi connectivity index (χ0) is 21.0. The van der Waals surface area contributed by atoms with Crippen LogP contribution in [0.25, 0.3) is 11.1 Å². The molecule has 3 aromatic carbocycles. The fourth-order valence-corrected chi connectivity index (χ4v) is 3.66. The number of aliphatic hydroxyl groups is 1. The molecule has 0 radical (unpaired) electrons. The molecule has 9 heteroatoms. The van der Waals surface area contributed by atoms with Crippen molar-refractivity contribution in [2.45, 2.75) is 11.0 Å². The highest BCUT2D eigenvalue weighted by Gasteiger charge is 2.26. The van der Waals surface area contributed by atoms with Crippen LogP contribution < -0.4 is 10.5 Å². The summed E-state index contributed by atoms with van der Waals surface area (Å²) in [5.41, 5.74) is 1.96. The molecule has 0 aliphatic carbocycles. The molecule has 1 unspecified atom stereocenters. The molecule has 0 saturated heterocycles. The molecule has 3 aromatic rings. The van der Waals surface area contributed by atoms with Gasteiger partial charge in [0, 0.05) is 6.54 Å². The average molecular weight is 413 g/mol. The summed E-state index contributed by atoms with van der Waals surface area (Å²) >= 11 is 0. The van der Waals surface area contributed by atoms with Crippen molar-refractivity contribution < 1.29 is 18.4 Å². The Morgan fingerprint density at radius 2 is 1.59 bits per heavy atom. The van der Waals surface area contributed by atoms with Crippen LogP contribution in [-0.4, -0.2) is 25.0 Å². The Labute approximate surface area is 167 Å². The van der Waals surface area contributed by atoms with Crippen LogP contribution in [0.1, 0.15) is 11.7 Å². The van der Waals surface area contributed by atoms with Crippen molar-refractivity contribution >= 4 is 21.4 Å². The van der Waals surface area contributed by atoms with Crippen molar-refractivity contribution in [1.29, 1.82) is 0 Å². The van der Waals surface area contributed by atoms with Crippen LogP contribution in [0.15, 0.2) is 77.7 Å². The lowest BCUT2D eigenvalue weighted by Gasteiger charge is -2.14. The van der Waals surface area contributed by atoms with Gasteiger partial charge in [0.25, 0.3) is 0 Å². The molecule has 8 nitrogen and oxygen atoms in total. The van der Waals surface area contributed by atoms with Crippen molar-refractivity contribution in [3.63, 3.8) is 0 Å². The number of benzene rings is 3. The lowest BCUT2D eigenvalue weighted by atomic mass is 10.0. The van der Waals surface area contributed by atoms with Gasteiger partial charge in [0.2, 0.25) is 10.0 Å². The maximum absolute atomic E-state index is 11.6. The molecule has 0 bridgehead atoms. The van der Waals surface area contributed by atoms with Gasteiger partial charge in [0.15, 0.2) is 4.90 Å². The summed E-state index contributed by atoms with van der Waals surface area (Å²) in [6.07, 6.45) is -0.961. The first-order valence-corrected chi connectivity index (χ1v) is 10.2. The van der Waals surface area contributed by atoms with E-state index >= 15 is 0 Å². The molecule has 3 rings (SSSR count). The summed E-state index contributed by atoms with van der Waals surface area (Å²) in [6, 6.07) is 20.8. The fourth-order valence-electron chi connectivity index (χ4n) is 2.94. The Kier molecular flexibility index (Phi) is 5.92. The van der Waals surface area contributed by atoms with E-state index in [1.807, 2.05) is 42.5 Å². The number of aliphatic hydroxyl groups excluding tert-OH is 1. The highest BCUT2D eigenvalue weighted by molar-refractivity contribution is 7.89. The van der Waals surface area contributed by atoms with Crippen LogP contribution in [0.4, 0.5) is 11.4 Å². The van der Waals surface area contributed by atoms with Crippen LogP contribution in [-0.2, 0) is 10.0 Å². The number of nitrogens with zero attached hydrogens (tertiary/aromatic N) is 1. The van der Waals surface area contributed by atoms with E-state index in [0.717, 1.165) is 17.2 Å². The van der Waals surface area contributed by atoms with Gasteiger partial charge >= 0.3 is 5.69 Å². The molecule has 150 valence electrons. The molecule has 0 fully saturated rings. The van der Waals surface area contributed by atoms with Gasteiger partial charge in [-0.1, -0.05) is 60.7 Å². The second-order valence-electron chi connectivity index (χ2n) is 6.34. The standard InChI is InChI=1S/C20H19N3O5S/c21-29(27,28)19-8-4-7-17(20(19)23(25)26)22-13-18(24)16-11-9-15(10-12-16)14-5-2-1-3-6-14/h1-12,18,22,24H,13H2,(H2,21,27,28). The predicted octanol–water partition coefficient (Wildman–Crippen LogP) is 3.05. The molecule has 0 aliphatic heterocycles. The SMILES string of the molecule is NS(=O)(=O)c1cccc(NCC(O)c2ccc(-c3ccccc3)cc2)c1[N+](=O)[O-]. The van der Waals surface area contributed by atoms with E-state index < -0.39 is 31.6 Å². The summed E-state index contributed by atoms with van der Waals surface area (Å²) < 4.78 is 23.2. The number of anilines is 1. The van der Waals surface area contributed by atoms with Gasteiger partial charge in [-0.25, -0.2) is 13.6 Å². The number of rotatable bonds is 7. The number of sulfonamides is 1. The normalized spacial score (nSPS) is 12.3. The van der Waals surface area contributed by atoms with Gasteiger partial charge in [0.1, 0.15) is 5.69 Å². The maximum atomic E-state index is 11.6. The molecule has 0 aliphatic rings. The second kappa shape index (κ2) is 8.39. The third-order valence-corrected chi connectivity index (χ3v) is 5.32. The maximum Gasteiger partial charge on any atom is 0.312 e. The molecule has 0 aromatic heterocycles. The number of primary sulfonamides is 1. The summed E-state index contributed by atoms with van der Waals surface area (Å²) in [5.74, 6) is 0. The highest BCUT2D eigenvalue weighted by Crippen LogP contribution is 2.32. The van der Waals surface area contributed by atoms with E-state index in [1.54, 1.807) is 12.1 Å². The first-order chi connectivity index (χ1) is 13.8. The molecule has 29 heavy (non-hydrogen) atoms. The van der Waals surface area contributed by atoms with Crippen molar-refractivity contribution in [3.8, 4) is 11.1 Å². The third kappa shape index (κ3) is 4.77. The Balaban J connectivity index is 1.77. The van der Waals surface area contributed by atoms with E-state index in [1.165, 1.54) is 12.1 Å². The van der Waals surface area contributed by atoms with Crippen LogP contribution in [0.2, 0.25) is 0 Å². The molecule has 0 heterocycles. The van der Waals surface area contributed by atoms with E-state index in [-0.39, 0.29) is 12.2 Å². The first-order valence-electron chi connectivity index (χ1n) is 8.65. The van der Waals surface area contributed by atoms with E-state index in [4.69, 9.17) is 5.14 Å². The number of para-hydroxylation sites is 1. The molecular formula is C20H19N3O5S. The second-order valence-corrected chi connectivity index (χ2v) is 7.87. The zero-order valence-corrected chi connectivity index (χ0v) is 16.0. The van der Waals surface area contributed by atoms with Crippen LogP contribution in [0.5, 0.6) is 0 Å². The highest BCUT2D eigenvalue weighted by atomic mass is 32.2. The van der Waals surface area contributed by atoms with Crippen LogP contribution in [0, 0.1) is 10.1 Å². The number of nitro groups is 1. The minimum atomic E-state index is -4.27. The monoisotopic (exact) mass is 413 g/mol. The fraction of sp³-hybridized carbons (Fsp3) is 0.100. The van der Waals surface area contributed by atoms with Gasteiger partial charge in [-0.2, -0.15) is 0 Å². The molecule has 1 atom stereocenters. The quantitative estimate of drug-likeness (QED) is 0.402. The third-order valence-electron chi connectivity index (χ3n) is 4.38. The molecule has 4 N–H and O–H groups in total. The number of hydrogen-bond acceptors (Lipinski definition) is 6. The van der Waals surface area contributed by atoms with Crippen molar-refractivity contribution in [3.05, 3.63) is 88.5 Å². The van der Waals surface area contributed by atoms with Gasteiger partial charge < -0.3 is 10.4 Å². The number of hydrogen-bond donors (Lipinski definition) is 3. The number of nitrogens with two attached hydrogens (primary N) is 1. The molecule has 0 spiro atoms. The zero-order valence-electron chi connectivity index (χ0n) is 15.2. The van der Waals surface area contributed by atoms with Gasteiger partial charge in [-0.05, 0) is 28.8 Å². The van der Waals surface area contributed by atoms with Crippen molar-refractivity contribution in [1.82, 2.24) is 0 Å². The van der Waals surface area contributed by atoms with Crippen LogP contribution >= 0.6 is 0 Å². The van der Waals surface area contributed by atoms with Gasteiger partial charge in [-0.3, -0.25) is 10.1 Å². The summed E-state index contributed by atoms with van der Waals surface area (Å²) in [4.78, 5) is 9.95. The summed E-state index contributed by atoms with van der Waals surface area (Å²) in [6.45, 7) is -0.0560. The van der Waals surface area contributed by atoms with E-state index in [9.17, 15) is 23.6 Å². The topological polar surface area (TPSA) is 136 Å². The molecule has 0 amide bonds. The predicted molar refractivity (Wildman–Crippen MR) is 110 cm³/mol. The van der Waals surface area contributed by atoms with Gasteiger partial charge in [-0.15, -0.1) is 0 Å². The summed E-state index contributed by atoms with van der Waals surface area (Å²) in [5, 5.41) is 29.6. The molecular weight excluding hydrogens is 394 g/mol. The van der Waals surface area contributed by atoms with Crippen molar-refractivity contribution in [2.75, 3.05) is 11.9 Å². The number of nitro benzene ring substituents is 1. The van der Waals surface area contributed by atoms with E-state index in [2.05, 4.69) is 5.32 Å². The van der Waals surface area contributed by atoms with Crippen LogP contribution in [0.3, 0.4) is 0 Å². The minimum absolute atomic E-state index is 0.0403.